The van der Waals surface area contributed by atoms with E-state index in [9.17, 15) is 14.4 Å². The molecule has 2 aromatic carbocycles. The van der Waals surface area contributed by atoms with Crippen molar-refractivity contribution >= 4 is 16.6 Å². The van der Waals surface area contributed by atoms with Gasteiger partial charge < -0.3 is 15.8 Å². The molecule has 8 heteroatoms. The summed E-state index contributed by atoms with van der Waals surface area (Å²) in [5, 5.41) is 13.1. The number of piperidine rings is 1. The van der Waals surface area contributed by atoms with Gasteiger partial charge in [0.25, 0.3) is 5.56 Å². The van der Waals surface area contributed by atoms with Crippen LogP contribution >= 0.6 is 0 Å². The summed E-state index contributed by atoms with van der Waals surface area (Å²) in [7, 11) is 0. The molecule has 5 rings (SSSR count). The van der Waals surface area contributed by atoms with E-state index in [2.05, 4.69) is 10.3 Å². The lowest BCUT2D eigenvalue weighted by Crippen LogP contribution is -2.47. The number of anilines is 1. The minimum atomic E-state index is -0.698. The zero-order valence-electron chi connectivity index (χ0n) is 16.9. The quantitative estimate of drug-likeness (QED) is 0.630. The third-order valence-corrected chi connectivity index (χ3v) is 6.62. The van der Waals surface area contributed by atoms with Crippen LogP contribution in [0.2, 0.25) is 0 Å². The van der Waals surface area contributed by atoms with Gasteiger partial charge in [-0.05, 0) is 74.5 Å². The number of nitrogen functional groups attached to an aromatic ring is 1. The van der Waals surface area contributed by atoms with Gasteiger partial charge in [0, 0.05) is 6.04 Å². The lowest BCUT2D eigenvalue weighted by Gasteiger charge is -2.50. The predicted octanol–water partition coefficient (Wildman–Crippen LogP) is 3.49. The number of nitriles is 1. The normalized spacial score (nSPS) is 17.9. The summed E-state index contributed by atoms with van der Waals surface area (Å²) in [6.45, 7) is 2.06. The van der Waals surface area contributed by atoms with E-state index < -0.39 is 5.82 Å². The molecule has 1 aliphatic heterocycles. The Morgan fingerprint density at radius 2 is 2.03 bits per heavy atom. The number of hydrogen-bond donors (Lipinski definition) is 2. The Balaban J connectivity index is 1.47. The molecule has 2 aliphatic rings. The van der Waals surface area contributed by atoms with Gasteiger partial charge in [0.2, 0.25) is 0 Å². The molecule has 0 radical (unpaired) electrons. The van der Waals surface area contributed by atoms with Gasteiger partial charge in [0.05, 0.1) is 22.9 Å². The van der Waals surface area contributed by atoms with Gasteiger partial charge in [-0.3, -0.25) is 9.36 Å². The number of aromatic nitrogens is 2. The van der Waals surface area contributed by atoms with Crippen LogP contribution in [0.3, 0.4) is 0 Å². The minimum Gasteiger partial charge on any atom is -0.453 e. The number of halogens is 1. The number of fused-ring (bicyclic) bond motifs is 1. The van der Waals surface area contributed by atoms with Gasteiger partial charge in [-0.25, -0.2) is 9.37 Å². The van der Waals surface area contributed by atoms with Crippen molar-refractivity contribution in [3.63, 3.8) is 0 Å². The molecule has 1 aromatic heterocycles. The molecular weight excluding hydrogens is 397 g/mol. The molecule has 1 aliphatic carbocycles. The molecule has 1 spiro atoms. The average molecular weight is 419 g/mol. The highest BCUT2D eigenvalue weighted by Crippen LogP contribution is 2.53. The summed E-state index contributed by atoms with van der Waals surface area (Å²) in [6.07, 6.45) is 5.87. The van der Waals surface area contributed by atoms with Crippen LogP contribution in [0.5, 0.6) is 11.5 Å². The molecule has 1 saturated carbocycles. The average Bonchev–Trinajstić information content (AvgIpc) is 2.76. The van der Waals surface area contributed by atoms with E-state index in [1.165, 1.54) is 6.07 Å². The Kier molecular flexibility index (Phi) is 4.63. The van der Waals surface area contributed by atoms with Crippen LogP contribution < -0.4 is 21.3 Å². The number of rotatable bonds is 3. The second-order valence-electron chi connectivity index (χ2n) is 8.50. The van der Waals surface area contributed by atoms with E-state index in [1.807, 2.05) is 6.07 Å². The van der Waals surface area contributed by atoms with Crippen molar-refractivity contribution in [1.29, 1.82) is 5.26 Å². The molecule has 2 heterocycles. The second kappa shape index (κ2) is 7.36. The van der Waals surface area contributed by atoms with Crippen LogP contribution in [0, 0.1) is 22.6 Å². The van der Waals surface area contributed by atoms with Crippen molar-refractivity contribution in [2.45, 2.75) is 31.7 Å². The first-order valence-electron chi connectivity index (χ1n) is 10.4. The van der Waals surface area contributed by atoms with Gasteiger partial charge in [-0.2, -0.15) is 5.26 Å². The van der Waals surface area contributed by atoms with Crippen molar-refractivity contribution in [1.82, 2.24) is 14.9 Å². The minimum absolute atomic E-state index is 0.0783. The van der Waals surface area contributed by atoms with Gasteiger partial charge in [0.1, 0.15) is 17.4 Å². The topological polar surface area (TPSA) is 106 Å². The van der Waals surface area contributed by atoms with Crippen LogP contribution in [0.15, 0.2) is 41.5 Å². The molecule has 2 fully saturated rings. The molecule has 0 unspecified atom stereocenters. The molecule has 3 aromatic rings. The van der Waals surface area contributed by atoms with Crippen molar-refractivity contribution < 1.29 is 9.13 Å². The van der Waals surface area contributed by atoms with Crippen LogP contribution in [-0.4, -0.2) is 22.6 Å². The van der Waals surface area contributed by atoms with Crippen molar-refractivity contribution in [3.05, 3.63) is 58.4 Å². The molecule has 0 atom stereocenters. The standard InChI is InChI=1S/C23H22FN5O2/c24-18-2-3-19(26)17(12-25)21(18)31-15-1-4-20-16(9-15)22(30)29(13-28-20)14-10-23(11-14)5-7-27-8-6-23/h1-4,9,13-14,27H,5-8,10-11,26H2. The summed E-state index contributed by atoms with van der Waals surface area (Å²) in [5.74, 6) is -0.706. The highest BCUT2D eigenvalue weighted by molar-refractivity contribution is 5.79. The predicted molar refractivity (Wildman–Crippen MR) is 114 cm³/mol. The summed E-state index contributed by atoms with van der Waals surface area (Å²) in [4.78, 5) is 17.6. The molecule has 0 amide bonds. The van der Waals surface area contributed by atoms with Crippen molar-refractivity contribution in [3.8, 4) is 17.6 Å². The van der Waals surface area contributed by atoms with Gasteiger partial charge in [0.15, 0.2) is 11.6 Å². The molecule has 7 nitrogen and oxygen atoms in total. The Bertz CT molecular complexity index is 1270. The maximum Gasteiger partial charge on any atom is 0.261 e. The van der Waals surface area contributed by atoms with E-state index in [0.717, 1.165) is 44.8 Å². The zero-order chi connectivity index (χ0) is 21.6. The summed E-state index contributed by atoms with van der Waals surface area (Å²) in [5.41, 5.74) is 6.55. The zero-order valence-corrected chi connectivity index (χ0v) is 16.9. The smallest absolute Gasteiger partial charge is 0.261 e. The monoisotopic (exact) mass is 419 g/mol. The Hall–Kier alpha value is -3.44. The fraction of sp³-hybridized carbons (Fsp3) is 0.348. The van der Waals surface area contributed by atoms with Crippen molar-refractivity contribution in [2.24, 2.45) is 5.41 Å². The molecule has 1 saturated heterocycles. The number of hydrogen-bond acceptors (Lipinski definition) is 6. The maximum atomic E-state index is 14.3. The van der Waals surface area contributed by atoms with Crippen molar-refractivity contribution in [2.75, 3.05) is 18.8 Å². The van der Waals surface area contributed by atoms with E-state index in [-0.39, 0.29) is 34.4 Å². The molecule has 0 bridgehead atoms. The molecular formula is C23H22FN5O2. The van der Waals surface area contributed by atoms with Gasteiger partial charge >= 0.3 is 0 Å². The lowest BCUT2D eigenvalue weighted by molar-refractivity contribution is 0.0270. The van der Waals surface area contributed by atoms with E-state index >= 15 is 0 Å². The second-order valence-corrected chi connectivity index (χ2v) is 8.50. The third kappa shape index (κ3) is 3.31. The summed E-state index contributed by atoms with van der Waals surface area (Å²) < 4.78 is 21.6. The van der Waals surface area contributed by atoms with Crippen LogP contribution in [-0.2, 0) is 0 Å². The Labute approximate surface area is 178 Å². The first-order chi connectivity index (χ1) is 15.0. The lowest BCUT2D eigenvalue weighted by atomic mass is 9.60. The highest BCUT2D eigenvalue weighted by atomic mass is 19.1. The fourth-order valence-electron chi connectivity index (χ4n) is 4.85. The number of nitrogens with zero attached hydrogens (tertiary/aromatic N) is 3. The van der Waals surface area contributed by atoms with E-state index in [4.69, 9.17) is 10.5 Å². The summed E-state index contributed by atoms with van der Waals surface area (Å²) in [6, 6.07) is 9.27. The van der Waals surface area contributed by atoms with Crippen LogP contribution in [0.1, 0.15) is 37.3 Å². The highest BCUT2D eigenvalue weighted by Gasteiger charge is 2.45. The fourth-order valence-corrected chi connectivity index (χ4v) is 4.85. The summed E-state index contributed by atoms with van der Waals surface area (Å²) >= 11 is 0. The number of nitrogens with one attached hydrogen (secondary N) is 1. The molecule has 158 valence electrons. The first-order valence-corrected chi connectivity index (χ1v) is 10.4. The van der Waals surface area contributed by atoms with Crippen LogP contribution in [0.4, 0.5) is 10.1 Å². The van der Waals surface area contributed by atoms with Gasteiger partial charge in [-0.1, -0.05) is 0 Å². The Morgan fingerprint density at radius 3 is 2.77 bits per heavy atom. The Morgan fingerprint density at radius 1 is 1.26 bits per heavy atom. The maximum absolute atomic E-state index is 14.3. The SMILES string of the molecule is N#Cc1c(N)ccc(F)c1Oc1ccc2ncn(C3CC4(CCNCC4)C3)c(=O)c2c1. The number of ether oxygens (including phenoxy) is 1. The number of benzene rings is 2. The molecule has 31 heavy (non-hydrogen) atoms. The van der Waals surface area contributed by atoms with E-state index in [1.54, 1.807) is 29.1 Å². The van der Waals surface area contributed by atoms with Crippen LogP contribution in [0.25, 0.3) is 10.9 Å². The number of nitrogens with two attached hydrogens (primary N) is 1. The third-order valence-electron chi connectivity index (χ3n) is 6.62. The largest absolute Gasteiger partial charge is 0.453 e. The molecule has 3 N–H and O–H groups in total. The van der Waals surface area contributed by atoms with Gasteiger partial charge in [-0.15, -0.1) is 0 Å². The first kappa shape index (κ1) is 19.5. The van der Waals surface area contributed by atoms with E-state index in [0.29, 0.717) is 16.3 Å².